The number of rotatable bonds is 7. The number of H-pyrrole nitrogens is 1. The minimum atomic E-state index is -0.526. The first-order valence-electron chi connectivity index (χ1n) is 11.8. The highest BCUT2D eigenvalue weighted by Gasteiger charge is 2.28. The highest BCUT2D eigenvalue weighted by Crippen LogP contribution is 2.28. The van der Waals surface area contributed by atoms with Crippen molar-refractivity contribution in [2.75, 3.05) is 6.61 Å². The maximum atomic E-state index is 14.6. The van der Waals surface area contributed by atoms with Gasteiger partial charge in [0.25, 0.3) is 5.56 Å². The van der Waals surface area contributed by atoms with Crippen LogP contribution >= 0.6 is 0 Å². The average Bonchev–Trinajstić information content (AvgIpc) is 3.41. The van der Waals surface area contributed by atoms with Gasteiger partial charge in [0.2, 0.25) is 0 Å². The molecule has 0 atom stereocenters. The monoisotopic (exact) mass is 474 g/mol. The molecular formula is C27H27FN4O3. The number of hydrogen-bond donors (Lipinski definition) is 1. The summed E-state index contributed by atoms with van der Waals surface area (Å²) in [5.74, 6) is -0.787. The van der Waals surface area contributed by atoms with Crippen molar-refractivity contribution >= 4 is 11.6 Å². The number of ether oxygens (including phenoxy) is 1. The molecule has 0 bridgehead atoms. The van der Waals surface area contributed by atoms with Crippen LogP contribution in [0, 0.1) is 12.7 Å². The number of fused-ring (bicyclic) bond motifs is 2. The largest absolute Gasteiger partial charge is 0.462 e. The number of esters is 1. The molecule has 0 radical (unpaired) electrons. The maximum Gasteiger partial charge on any atom is 0.343 e. The van der Waals surface area contributed by atoms with Crippen LogP contribution in [0.15, 0.2) is 59.4 Å². The SMILES string of the molecule is CCOC(=O)c1c(C)[nH]n2c(=O)cc(CN(Cc3ccccc3F)C3Cc4ccccc4C3)nc12. The topological polar surface area (TPSA) is 79.7 Å². The van der Waals surface area contributed by atoms with Crippen molar-refractivity contribution in [3.8, 4) is 0 Å². The van der Waals surface area contributed by atoms with Gasteiger partial charge in [0, 0.05) is 36.5 Å². The lowest BCUT2D eigenvalue weighted by Gasteiger charge is -2.29. The fraction of sp³-hybridized carbons (Fsp3) is 0.296. The van der Waals surface area contributed by atoms with Crippen molar-refractivity contribution in [3.63, 3.8) is 0 Å². The van der Waals surface area contributed by atoms with E-state index in [1.165, 1.54) is 27.8 Å². The first-order chi connectivity index (χ1) is 16.9. The summed E-state index contributed by atoms with van der Waals surface area (Å²) in [5, 5.41) is 2.91. The minimum Gasteiger partial charge on any atom is -0.462 e. The molecule has 7 nitrogen and oxygen atoms in total. The molecule has 1 aliphatic carbocycles. The Morgan fingerprint density at radius 2 is 1.83 bits per heavy atom. The summed E-state index contributed by atoms with van der Waals surface area (Å²) in [7, 11) is 0. The van der Waals surface area contributed by atoms with Gasteiger partial charge < -0.3 is 4.74 Å². The predicted molar refractivity (Wildman–Crippen MR) is 130 cm³/mol. The number of aromatic nitrogens is 3. The van der Waals surface area contributed by atoms with Crippen LogP contribution in [0.4, 0.5) is 4.39 Å². The third-order valence-electron chi connectivity index (χ3n) is 6.57. The molecule has 2 aromatic heterocycles. The van der Waals surface area contributed by atoms with Crippen LogP contribution in [0.2, 0.25) is 0 Å². The second-order valence-electron chi connectivity index (χ2n) is 8.90. The fourth-order valence-corrected chi connectivity index (χ4v) is 4.89. The van der Waals surface area contributed by atoms with E-state index < -0.39 is 5.97 Å². The van der Waals surface area contributed by atoms with Crippen LogP contribution in [-0.4, -0.2) is 38.1 Å². The summed E-state index contributed by atoms with van der Waals surface area (Å²) in [5.41, 5.74) is 4.36. The number of benzene rings is 2. The van der Waals surface area contributed by atoms with Crippen LogP contribution in [-0.2, 0) is 30.7 Å². The van der Waals surface area contributed by atoms with Gasteiger partial charge in [0.1, 0.15) is 11.4 Å². The van der Waals surface area contributed by atoms with Crippen LogP contribution < -0.4 is 5.56 Å². The third kappa shape index (κ3) is 4.49. The van der Waals surface area contributed by atoms with E-state index in [2.05, 4.69) is 27.1 Å². The summed E-state index contributed by atoms with van der Waals surface area (Å²) < 4.78 is 21.0. The van der Waals surface area contributed by atoms with Crippen molar-refractivity contribution in [3.05, 3.63) is 104 Å². The summed E-state index contributed by atoms with van der Waals surface area (Å²) >= 11 is 0. The van der Waals surface area contributed by atoms with E-state index in [0.717, 1.165) is 12.8 Å². The van der Waals surface area contributed by atoms with Gasteiger partial charge in [-0.25, -0.2) is 18.7 Å². The lowest BCUT2D eigenvalue weighted by molar-refractivity contribution is 0.0527. The first kappa shape index (κ1) is 23.0. The van der Waals surface area contributed by atoms with Crippen LogP contribution in [0.25, 0.3) is 5.65 Å². The third-order valence-corrected chi connectivity index (χ3v) is 6.57. The minimum absolute atomic E-state index is 0.129. The zero-order valence-corrected chi connectivity index (χ0v) is 19.8. The highest BCUT2D eigenvalue weighted by atomic mass is 19.1. The lowest BCUT2D eigenvalue weighted by atomic mass is 10.1. The number of hydrogen-bond acceptors (Lipinski definition) is 5. The molecule has 0 unspecified atom stereocenters. The Labute approximate surface area is 202 Å². The van der Waals surface area contributed by atoms with E-state index >= 15 is 0 Å². The molecule has 0 spiro atoms. The molecule has 35 heavy (non-hydrogen) atoms. The number of nitrogens with one attached hydrogen (secondary N) is 1. The summed E-state index contributed by atoms with van der Waals surface area (Å²) in [6.07, 6.45) is 1.67. The molecule has 1 N–H and O–H groups in total. The Morgan fingerprint density at radius 3 is 2.51 bits per heavy atom. The zero-order valence-electron chi connectivity index (χ0n) is 19.8. The van der Waals surface area contributed by atoms with Crippen molar-refractivity contribution in [2.24, 2.45) is 0 Å². The maximum absolute atomic E-state index is 14.6. The molecule has 4 aromatic rings. The molecule has 0 amide bonds. The first-order valence-corrected chi connectivity index (χ1v) is 11.8. The molecule has 8 heteroatoms. The second kappa shape index (κ2) is 9.46. The van der Waals surface area contributed by atoms with E-state index in [-0.39, 0.29) is 35.2 Å². The zero-order chi connectivity index (χ0) is 24.5. The second-order valence-corrected chi connectivity index (χ2v) is 8.90. The number of aromatic amines is 1. The molecule has 2 heterocycles. The van der Waals surface area contributed by atoms with Gasteiger partial charge in [-0.1, -0.05) is 42.5 Å². The van der Waals surface area contributed by atoms with Crippen LogP contribution in [0.1, 0.15) is 45.4 Å². The smallest absolute Gasteiger partial charge is 0.343 e. The predicted octanol–water partition coefficient (Wildman–Crippen LogP) is 3.82. The molecule has 0 aliphatic heterocycles. The van der Waals surface area contributed by atoms with Gasteiger partial charge in [-0.15, -0.1) is 0 Å². The van der Waals surface area contributed by atoms with Gasteiger partial charge >= 0.3 is 5.97 Å². The Balaban J connectivity index is 1.52. The molecule has 2 aromatic carbocycles. The molecular weight excluding hydrogens is 447 g/mol. The molecule has 0 saturated heterocycles. The number of aryl methyl sites for hydroxylation is 1. The van der Waals surface area contributed by atoms with Gasteiger partial charge in [0.05, 0.1) is 12.3 Å². The molecule has 1 aliphatic rings. The van der Waals surface area contributed by atoms with E-state index in [4.69, 9.17) is 4.74 Å². The quantitative estimate of drug-likeness (QED) is 0.412. The van der Waals surface area contributed by atoms with E-state index in [1.807, 2.05) is 18.2 Å². The Hall–Kier alpha value is -3.78. The van der Waals surface area contributed by atoms with Crippen molar-refractivity contribution < 1.29 is 13.9 Å². The van der Waals surface area contributed by atoms with Gasteiger partial charge in [-0.05, 0) is 43.9 Å². The van der Waals surface area contributed by atoms with Crippen molar-refractivity contribution in [1.29, 1.82) is 0 Å². The van der Waals surface area contributed by atoms with Crippen molar-refractivity contribution in [1.82, 2.24) is 19.5 Å². The van der Waals surface area contributed by atoms with E-state index in [1.54, 1.807) is 26.0 Å². The number of halogens is 1. The van der Waals surface area contributed by atoms with Gasteiger partial charge in [-0.3, -0.25) is 14.8 Å². The molecule has 180 valence electrons. The fourth-order valence-electron chi connectivity index (χ4n) is 4.89. The molecule has 5 rings (SSSR count). The highest BCUT2D eigenvalue weighted by molar-refractivity contribution is 5.97. The molecule has 0 saturated carbocycles. The van der Waals surface area contributed by atoms with Crippen molar-refractivity contribution in [2.45, 2.75) is 45.8 Å². The normalized spacial score (nSPS) is 13.5. The summed E-state index contributed by atoms with van der Waals surface area (Å²) in [6, 6.07) is 16.7. The van der Waals surface area contributed by atoms with Crippen LogP contribution in [0.3, 0.4) is 0 Å². The Bertz CT molecular complexity index is 1430. The molecule has 0 fully saturated rings. The van der Waals surface area contributed by atoms with Gasteiger partial charge in [-0.2, -0.15) is 0 Å². The van der Waals surface area contributed by atoms with E-state index in [9.17, 15) is 14.0 Å². The number of nitrogens with zero attached hydrogens (tertiary/aromatic N) is 3. The Kier molecular flexibility index (Phi) is 6.21. The number of carbonyl (C=O) groups is 1. The summed E-state index contributed by atoms with van der Waals surface area (Å²) in [6.45, 7) is 4.38. The van der Waals surface area contributed by atoms with Gasteiger partial charge in [0.15, 0.2) is 5.65 Å². The number of carbonyl (C=O) groups excluding carboxylic acids is 1. The van der Waals surface area contributed by atoms with Crippen LogP contribution in [0.5, 0.6) is 0 Å². The summed E-state index contributed by atoms with van der Waals surface area (Å²) in [4.78, 5) is 32.3. The standard InChI is InChI=1S/C27H27FN4O3/c1-3-35-27(34)25-17(2)30-32-24(33)14-21(29-26(25)32)16-31(15-20-10-6-7-11-23(20)28)22-12-18-8-4-5-9-19(18)13-22/h4-11,14,22,30H,3,12-13,15-16H2,1-2H3. The lowest BCUT2D eigenvalue weighted by Crippen LogP contribution is -2.36. The van der Waals surface area contributed by atoms with E-state index in [0.29, 0.717) is 30.0 Å². The average molecular weight is 475 g/mol. The Morgan fingerprint density at radius 1 is 1.14 bits per heavy atom.